The Morgan fingerprint density at radius 3 is 2.19 bits per heavy atom. The van der Waals surface area contributed by atoms with E-state index in [1.165, 1.54) is 38.5 Å². The van der Waals surface area contributed by atoms with Crippen molar-refractivity contribution in [3.63, 3.8) is 0 Å². The van der Waals surface area contributed by atoms with Crippen LogP contribution in [-0.4, -0.2) is 6.04 Å². The Hall–Kier alpha value is -0.0800. The van der Waals surface area contributed by atoms with Gasteiger partial charge in [0, 0.05) is 6.04 Å². The largest absolute Gasteiger partial charge is 0.271 e. The fourth-order valence-electron chi connectivity index (χ4n) is 2.67. The van der Waals surface area contributed by atoms with Crippen LogP contribution < -0.4 is 11.3 Å². The van der Waals surface area contributed by atoms with Crippen LogP contribution in [0.4, 0.5) is 0 Å². The first-order valence-electron chi connectivity index (χ1n) is 6.91. The van der Waals surface area contributed by atoms with E-state index in [4.69, 9.17) is 5.84 Å². The van der Waals surface area contributed by atoms with Crippen molar-refractivity contribution in [1.82, 2.24) is 5.43 Å². The molecule has 0 spiro atoms. The third kappa shape index (κ3) is 4.06. The van der Waals surface area contributed by atoms with Crippen molar-refractivity contribution in [2.45, 2.75) is 72.3 Å². The summed E-state index contributed by atoms with van der Waals surface area (Å²) in [5, 5.41) is 0. The van der Waals surface area contributed by atoms with Crippen LogP contribution in [-0.2, 0) is 0 Å². The molecule has 0 saturated heterocycles. The third-order valence-electron chi connectivity index (χ3n) is 4.52. The van der Waals surface area contributed by atoms with Crippen LogP contribution >= 0.6 is 0 Å². The minimum Gasteiger partial charge on any atom is -0.271 e. The van der Waals surface area contributed by atoms with Crippen molar-refractivity contribution in [3.05, 3.63) is 0 Å². The molecule has 1 saturated carbocycles. The predicted molar refractivity (Wildman–Crippen MR) is 70.9 cm³/mol. The summed E-state index contributed by atoms with van der Waals surface area (Å²) < 4.78 is 0. The molecule has 1 aliphatic rings. The van der Waals surface area contributed by atoms with Gasteiger partial charge in [0.05, 0.1) is 0 Å². The van der Waals surface area contributed by atoms with Crippen molar-refractivity contribution < 1.29 is 0 Å². The maximum absolute atomic E-state index is 5.75. The molecule has 0 amide bonds. The van der Waals surface area contributed by atoms with Crippen LogP contribution in [0.1, 0.15) is 66.2 Å². The number of nitrogens with two attached hydrogens (primary N) is 1. The predicted octanol–water partition coefficient (Wildman–Crippen LogP) is 3.47. The van der Waals surface area contributed by atoms with E-state index in [1.54, 1.807) is 0 Å². The molecule has 0 radical (unpaired) electrons. The van der Waals surface area contributed by atoms with E-state index in [2.05, 4.69) is 33.1 Å². The fraction of sp³-hybridized carbons (Fsp3) is 1.00. The molecule has 0 aromatic rings. The molecule has 2 nitrogen and oxygen atoms in total. The topological polar surface area (TPSA) is 38.0 Å². The normalized spacial score (nSPS) is 23.1. The minimum absolute atomic E-state index is 0.393. The quantitative estimate of drug-likeness (QED) is 0.569. The number of nitrogens with one attached hydrogen (secondary N) is 1. The standard InChI is InChI=1S/C14H30N2/c1-11(14(2,3)4)10-13(16-15)12-8-6-5-7-9-12/h11-13,16H,5-10,15H2,1-4H3. The highest BCUT2D eigenvalue weighted by Crippen LogP contribution is 2.34. The van der Waals surface area contributed by atoms with Crippen molar-refractivity contribution in [2.24, 2.45) is 23.1 Å². The van der Waals surface area contributed by atoms with Gasteiger partial charge in [-0.15, -0.1) is 0 Å². The molecule has 1 aliphatic carbocycles. The minimum atomic E-state index is 0.393. The van der Waals surface area contributed by atoms with Gasteiger partial charge in [-0.3, -0.25) is 11.3 Å². The molecule has 2 unspecified atom stereocenters. The zero-order valence-corrected chi connectivity index (χ0v) is 11.6. The molecule has 0 aromatic heterocycles. The highest BCUT2D eigenvalue weighted by Gasteiger charge is 2.28. The Labute approximate surface area is 101 Å². The molecule has 3 N–H and O–H groups in total. The van der Waals surface area contributed by atoms with Gasteiger partial charge in [-0.2, -0.15) is 0 Å². The molecule has 0 aliphatic heterocycles. The van der Waals surface area contributed by atoms with Gasteiger partial charge in [-0.1, -0.05) is 47.0 Å². The first-order valence-corrected chi connectivity index (χ1v) is 6.91. The summed E-state index contributed by atoms with van der Waals surface area (Å²) in [6.07, 6.45) is 8.16. The molecular formula is C14H30N2. The number of hydrogen-bond acceptors (Lipinski definition) is 2. The van der Waals surface area contributed by atoms with Gasteiger partial charge >= 0.3 is 0 Å². The molecule has 0 aromatic carbocycles. The summed E-state index contributed by atoms with van der Waals surface area (Å²) in [5.41, 5.74) is 3.47. The Kier molecular flexibility index (Phi) is 5.26. The maximum atomic E-state index is 5.75. The van der Waals surface area contributed by atoms with E-state index in [0.717, 1.165) is 11.8 Å². The second-order valence-corrected chi connectivity index (χ2v) is 6.67. The van der Waals surface area contributed by atoms with Gasteiger partial charge in [-0.25, -0.2) is 0 Å². The van der Waals surface area contributed by atoms with Crippen LogP contribution in [0, 0.1) is 17.3 Å². The first-order chi connectivity index (χ1) is 7.45. The van der Waals surface area contributed by atoms with E-state index in [9.17, 15) is 0 Å². The first kappa shape index (κ1) is 14.0. The Balaban J connectivity index is 2.47. The summed E-state index contributed by atoms with van der Waals surface area (Å²) in [4.78, 5) is 0. The monoisotopic (exact) mass is 226 g/mol. The lowest BCUT2D eigenvalue weighted by Gasteiger charge is -2.35. The number of hydrogen-bond donors (Lipinski definition) is 2. The van der Waals surface area contributed by atoms with Gasteiger partial charge in [0.2, 0.25) is 0 Å². The van der Waals surface area contributed by atoms with Crippen LogP contribution in [0.25, 0.3) is 0 Å². The van der Waals surface area contributed by atoms with E-state index in [1.807, 2.05) is 0 Å². The highest BCUT2D eigenvalue weighted by atomic mass is 15.2. The van der Waals surface area contributed by atoms with Crippen LogP contribution in [0.15, 0.2) is 0 Å². The van der Waals surface area contributed by atoms with Crippen molar-refractivity contribution in [1.29, 1.82) is 0 Å². The van der Waals surface area contributed by atoms with E-state index < -0.39 is 0 Å². The SMILES string of the molecule is CC(CC(NN)C1CCCCC1)C(C)(C)C. The van der Waals surface area contributed by atoms with Crippen molar-refractivity contribution >= 4 is 0 Å². The fourth-order valence-corrected chi connectivity index (χ4v) is 2.67. The molecule has 1 fully saturated rings. The van der Waals surface area contributed by atoms with Gasteiger partial charge in [0.1, 0.15) is 0 Å². The van der Waals surface area contributed by atoms with Crippen LogP contribution in [0.5, 0.6) is 0 Å². The van der Waals surface area contributed by atoms with Crippen LogP contribution in [0.2, 0.25) is 0 Å². The van der Waals surface area contributed by atoms with Gasteiger partial charge < -0.3 is 0 Å². The third-order valence-corrected chi connectivity index (χ3v) is 4.52. The number of rotatable bonds is 4. The number of hydrazine groups is 1. The molecule has 0 heterocycles. The average Bonchev–Trinajstić information content (AvgIpc) is 2.25. The van der Waals surface area contributed by atoms with Gasteiger partial charge in [0.15, 0.2) is 0 Å². The lowest BCUT2D eigenvalue weighted by atomic mass is 9.74. The summed E-state index contributed by atoms with van der Waals surface area (Å²) >= 11 is 0. The molecule has 0 bridgehead atoms. The molecule has 16 heavy (non-hydrogen) atoms. The van der Waals surface area contributed by atoms with Crippen molar-refractivity contribution in [2.75, 3.05) is 0 Å². The molecular weight excluding hydrogens is 196 g/mol. The molecule has 1 rings (SSSR count). The smallest absolute Gasteiger partial charge is 0.0241 e. The lowest BCUT2D eigenvalue weighted by molar-refractivity contribution is 0.177. The molecule has 96 valence electrons. The second kappa shape index (κ2) is 6.02. The Morgan fingerprint density at radius 1 is 1.19 bits per heavy atom. The highest BCUT2D eigenvalue weighted by molar-refractivity contribution is 4.82. The summed E-state index contributed by atoms with van der Waals surface area (Å²) in [5.74, 6) is 7.27. The van der Waals surface area contributed by atoms with Crippen LogP contribution in [0.3, 0.4) is 0 Å². The maximum Gasteiger partial charge on any atom is 0.0241 e. The Morgan fingerprint density at radius 2 is 1.75 bits per heavy atom. The molecule has 2 atom stereocenters. The lowest BCUT2D eigenvalue weighted by Crippen LogP contribution is -2.43. The summed E-state index contributed by atoms with van der Waals surface area (Å²) in [7, 11) is 0. The molecule has 2 heteroatoms. The zero-order valence-electron chi connectivity index (χ0n) is 11.6. The van der Waals surface area contributed by atoms with E-state index in [0.29, 0.717) is 11.5 Å². The average molecular weight is 226 g/mol. The summed E-state index contributed by atoms with van der Waals surface area (Å²) in [6, 6.07) is 0.523. The summed E-state index contributed by atoms with van der Waals surface area (Å²) in [6.45, 7) is 9.33. The van der Waals surface area contributed by atoms with Gasteiger partial charge in [-0.05, 0) is 36.5 Å². The van der Waals surface area contributed by atoms with Gasteiger partial charge in [0.25, 0.3) is 0 Å². The second-order valence-electron chi connectivity index (χ2n) is 6.67. The van der Waals surface area contributed by atoms with E-state index in [-0.39, 0.29) is 0 Å². The Bertz CT molecular complexity index is 189. The van der Waals surface area contributed by atoms with E-state index >= 15 is 0 Å². The zero-order chi connectivity index (χ0) is 12.2. The van der Waals surface area contributed by atoms with Crippen molar-refractivity contribution in [3.8, 4) is 0 Å².